The molecule has 0 unspecified atom stereocenters. The van der Waals surface area contributed by atoms with Crippen molar-refractivity contribution in [2.75, 3.05) is 12.7 Å². The van der Waals surface area contributed by atoms with Crippen molar-refractivity contribution in [2.24, 2.45) is 0 Å². The van der Waals surface area contributed by atoms with E-state index in [0.717, 1.165) is 5.30 Å². The predicted octanol–water partition coefficient (Wildman–Crippen LogP) is 0.313. The summed E-state index contributed by atoms with van der Waals surface area (Å²) < 4.78 is 0. The molecule has 0 saturated heterocycles. The summed E-state index contributed by atoms with van der Waals surface area (Å²) in [6.07, 6.45) is -0.291. The van der Waals surface area contributed by atoms with Crippen LogP contribution in [0.5, 0.6) is 0 Å². The third kappa shape index (κ3) is 1.86. The highest BCUT2D eigenvalue weighted by Crippen LogP contribution is 2.49. The van der Waals surface area contributed by atoms with Gasteiger partial charge in [-0.3, -0.25) is 7.57 Å². The van der Waals surface area contributed by atoms with Crippen LogP contribution in [0.4, 0.5) is 0 Å². The van der Waals surface area contributed by atoms with Crippen LogP contribution >= 0.6 is 7.14 Å². The Labute approximate surface area is 73.9 Å². The highest BCUT2D eigenvalue weighted by atomic mass is 31.2. The Kier molecular flexibility index (Phi) is 3.27. The van der Waals surface area contributed by atoms with E-state index in [1.54, 1.807) is 0 Å². The molecule has 1 aromatic rings. The summed E-state index contributed by atoms with van der Waals surface area (Å²) in [6, 6.07) is 9.24. The minimum absolute atomic E-state index is 0.145. The van der Waals surface area contributed by atoms with E-state index in [9.17, 15) is 0 Å². The second-order valence-corrected chi connectivity index (χ2v) is 5.80. The lowest BCUT2D eigenvalue weighted by atomic mass is 10.4. The SMILES string of the molecule is [B-][P+](CO)(CO)c1ccccc1. The highest BCUT2D eigenvalue weighted by Gasteiger charge is 2.18. The maximum Gasteiger partial charge on any atom is 0.113 e. The van der Waals surface area contributed by atoms with Crippen molar-refractivity contribution < 1.29 is 10.2 Å². The van der Waals surface area contributed by atoms with Crippen LogP contribution in [0, 0.1) is 0 Å². The molecule has 0 spiro atoms. The minimum Gasteiger partial charge on any atom is -0.366 e. The molecule has 0 bridgehead atoms. The number of hydrogen-bond acceptors (Lipinski definition) is 2. The first kappa shape index (κ1) is 9.72. The molecule has 1 aromatic carbocycles. The maximum atomic E-state index is 9.00. The lowest BCUT2D eigenvalue weighted by Gasteiger charge is -2.31. The highest BCUT2D eigenvalue weighted by molar-refractivity contribution is 8.02. The van der Waals surface area contributed by atoms with Crippen LogP contribution in [0.15, 0.2) is 30.3 Å². The summed E-state index contributed by atoms with van der Waals surface area (Å²) in [6.45, 7) is 0. The van der Waals surface area contributed by atoms with Gasteiger partial charge in [0.2, 0.25) is 0 Å². The van der Waals surface area contributed by atoms with Gasteiger partial charge in [0, 0.05) is 5.30 Å². The average Bonchev–Trinajstić information content (AvgIpc) is 2.18. The van der Waals surface area contributed by atoms with E-state index in [0.29, 0.717) is 0 Å². The molecule has 0 amide bonds. The number of aliphatic hydroxyl groups excluding tert-OH is 2. The molecule has 3 radical (unpaired) electrons. The Balaban J connectivity index is 2.95. The zero-order valence-electron chi connectivity index (χ0n) is 6.72. The maximum absolute atomic E-state index is 9.00. The zero-order valence-corrected chi connectivity index (χ0v) is 7.61. The van der Waals surface area contributed by atoms with Gasteiger partial charge in [0.15, 0.2) is 0 Å². The van der Waals surface area contributed by atoms with Crippen molar-refractivity contribution >= 4 is 20.0 Å². The van der Waals surface area contributed by atoms with E-state index in [4.69, 9.17) is 17.8 Å². The largest absolute Gasteiger partial charge is 0.366 e. The van der Waals surface area contributed by atoms with E-state index in [2.05, 4.69) is 0 Å². The first-order valence-corrected chi connectivity index (χ1v) is 5.89. The second-order valence-electron chi connectivity index (χ2n) is 2.65. The minimum atomic E-state index is -2.17. The fraction of sp³-hybridized carbons (Fsp3) is 0.250. The molecule has 0 atom stereocenters. The molecule has 0 aromatic heterocycles. The topological polar surface area (TPSA) is 40.5 Å². The number of benzene rings is 1. The molecule has 0 aliphatic rings. The quantitative estimate of drug-likeness (QED) is 0.520. The monoisotopic (exact) mass is 181 g/mol. The molecule has 2 nitrogen and oxygen atoms in total. The van der Waals surface area contributed by atoms with Crippen molar-refractivity contribution in [3.8, 4) is 0 Å². The summed E-state index contributed by atoms with van der Waals surface area (Å²) in [5, 5.41) is 18.9. The van der Waals surface area contributed by atoms with Gasteiger partial charge in [-0.05, 0) is 12.1 Å². The molecule has 2 N–H and O–H groups in total. The Bertz CT molecular complexity index is 236. The molecule has 0 aliphatic heterocycles. The number of aliphatic hydroxyl groups is 2. The molecule has 12 heavy (non-hydrogen) atoms. The van der Waals surface area contributed by atoms with Gasteiger partial charge in [-0.2, -0.15) is 7.14 Å². The summed E-state index contributed by atoms with van der Waals surface area (Å²) in [4.78, 5) is 0. The Morgan fingerprint density at radius 2 is 1.58 bits per heavy atom. The summed E-state index contributed by atoms with van der Waals surface area (Å²) in [5.41, 5.74) is 0. The average molecular weight is 181 g/mol. The number of hydrogen-bond donors (Lipinski definition) is 2. The van der Waals surface area contributed by atoms with Crippen LogP contribution in [0.2, 0.25) is 0 Å². The van der Waals surface area contributed by atoms with Gasteiger partial charge in [-0.1, -0.05) is 18.2 Å². The summed E-state index contributed by atoms with van der Waals surface area (Å²) in [5.74, 6) is 0. The van der Waals surface area contributed by atoms with Crippen LogP contribution in [0.1, 0.15) is 0 Å². The first-order chi connectivity index (χ1) is 5.73. The molecule has 0 fully saturated rings. The van der Waals surface area contributed by atoms with E-state index in [1.807, 2.05) is 30.3 Å². The summed E-state index contributed by atoms with van der Waals surface area (Å²) in [7, 11) is 3.66. The molecular weight excluding hydrogens is 170 g/mol. The van der Waals surface area contributed by atoms with Gasteiger partial charge in [0.05, 0.1) is 0 Å². The fourth-order valence-electron chi connectivity index (χ4n) is 0.933. The third-order valence-corrected chi connectivity index (χ3v) is 4.11. The second kappa shape index (κ2) is 4.04. The molecule has 0 saturated carbocycles. The van der Waals surface area contributed by atoms with E-state index < -0.39 is 7.14 Å². The smallest absolute Gasteiger partial charge is 0.113 e. The van der Waals surface area contributed by atoms with Crippen LogP contribution in [-0.2, 0) is 0 Å². The van der Waals surface area contributed by atoms with Crippen molar-refractivity contribution in [3.63, 3.8) is 0 Å². The van der Waals surface area contributed by atoms with Crippen molar-refractivity contribution in [1.82, 2.24) is 0 Å². The third-order valence-electron chi connectivity index (χ3n) is 1.78. The Hall–Kier alpha value is -0.365. The van der Waals surface area contributed by atoms with Crippen LogP contribution in [-0.4, -0.2) is 30.5 Å². The van der Waals surface area contributed by atoms with Crippen LogP contribution < -0.4 is 5.30 Å². The fourth-order valence-corrected chi connectivity index (χ4v) is 2.11. The van der Waals surface area contributed by atoms with Gasteiger partial charge in [-0.25, -0.2) is 0 Å². The zero-order chi connectivity index (χ0) is 9.03. The van der Waals surface area contributed by atoms with E-state index in [-0.39, 0.29) is 12.7 Å². The van der Waals surface area contributed by atoms with Crippen molar-refractivity contribution in [1.29, 1.82) is 0 Å². The normalized spacial score (nSPS) is 11.6. The lowest BCUT2D eigenvalue weighted by molar-refractivity contribution is 0.344. The molecule has 63 valence electrons. The molecule has 4 heteroatoms. The standard InChI is InChI=1S/C8H11BO2P/c9-12(6-10,7-11)8-4-2-1-3-5-8/h1-5,10-11H,6-7H2. The van der Waals surface area contributed by atoms with Gasteiger partial charge in [-0.15, -0.1) is 0 Å². The van der Waals surface area contributed by atoms with Gasteiger partial charge < -0.3 is 10.2 Å². The van der Waals surface area contributed by atoms with Gasteiger partial charge in [0.25, 0.3) is 0 Å². The molecule has 0 aliphatic carbocycles. The first-order valence-electron chi connectivity index (χ1n) is 3.66. The summed E-state index contributed by atoms with van der Waals surface area (Å²) >= 11 is 0. The van der Waals surface area contributed by atoms with E-state index >= 15 is 0 Å². The van der Waals surface area contributed by atoms with Gasteiger partial charge in [0.1, 0.15) is 12.7 Å². The Morgan fingerprint density at radius 3 is 2.00 bits per heavy atom. The Morgan fingerprint density at radius 1 is 1.08 bits per heavy atom. The van der Waals surface area contributed by atoms with Crippen LogP contribution in [0.3, 0.4) is 0 Å². The van der Waals surface area contributed by atoms with Crippen LogP contribution in [0.25, 0.3) is 0 Å². The van der Waals surface area contributed by atoms with Gasteiger partial charge >= 0.3 is 0 Å². The molecule has 0 heterocycles. The van der Waals surface area contributed by atoms with Crippen molar-refractivity contribution in [3.05, 3.63) is 30.3 Å². The van der Waals surface area contributed by atoms with Crippen molar-refractivity contribution in [2.45, 2.75) is 0 Å². The predicted molar refractivity (Wildman–Crippen MR) is 52.9 cm³/mol. The lowest BCUT2D eigenvalue weighted by Crippen LogP contribution is -2.16. The molecular formula is C8H11BO2P. The van der Waals surface area contributed by atoms with E-state index in [1.165, 1.54) is 0 Å². The molecule has 1 rings (SSSR count). The number of rotatable bonds is 3.